The van der Waals surface area contributed by atoms with E-state index in [1.165, 1.54) is 4.68 Å². The van der Waals surface area contributed by atoms with Crippen LogP contribution < -0.4 is 16.4 Å². The van der Waals surface area contributed by atoms with Gasteiger partial charge in [-0.1, -0.05) is 36.4 Å². The Kier molecular flexibility index (Phi) is 4.74. The van der Waals surface area contributed by atoms with Gasteiger partial charge >= 0.3 is 0 Å². The van der Waals surface area contributed by atoms with Crippen LogP contribution in [0.1, 0.15) is 21.9 Å². The highest BCUT2D eigenvalue weighted by Crippen LogP contribution is 2.15. The number of hydrogen-bond acceptors (Lipinski definition) is 6. The Morgan fingerprint density at radius 1 is 0.897 bits per heavy atom. The van der Waals surface area contributed by atoms with Gasteiger partial charge in [-0.15, -0.1) is 0 Å². The summed E-state index contributed by atoms with van der Waals surface area (Å²) in [6.07, 6.45) is 0. The largest absolute Gasteiger partial charge is 0.290 e. The topological polar surface area (TPSA) is 102 Å². The Balaban J connectivity index is 1.75. The Bertz CT molecular complexity index is 1250. The highest BCUT2D eigenvalue weighted by Gasteiger charge is 2.17. The standard InChI is InChI=1S/C21H18N6O2/c1-13-12-14(2)23-21(22-13)25-24-19(28)18-16-10-6-7-11-17(16)20(29)27(26-18)15-8-4-3-5-9-15/h3-12H,1-2H3,(H,24,28)(H,22,23,25). The summed E-state index contributed by atoms with van der Waals surface area (Å²) in [7, 11) is 0. The first-order valence-corrected chi connectivity index (χ1v) is 8.99. The van der Waals surface area contributed by atoms with Crippen molar-refractivity contribution in [3.8, 4) is 5.69 Å². The van der Waals surface area contributed by atoms with Crippen LogP contribution in [0.25, 0.3) is 16.5 Å². The van der Waals surface area contributed by atoms with Gasteiger partial charge < -0.3 is 0 Å². The molecule has 0 saturated heterocycles. The number of fused-ring (bicyclic) bond motifs is 1. The minimum Gasteiger partial charge on any atom is -0.267 e. The zero-order valence-electron chi connectivity index (χ0n) is 15.9. The van der Waals surface area contributed by atoms with E-state index in [0.29, 0.717) is 16.5 Å². The number of nitrogens with one attached hydrogen (secondary N) is 2. The van der Waals surface area contributed by atoms with Crippen molar-refractivity contribution in [2.75, 3.05) is 5.43 Å². The molecule has 2 heterocycles. The summed E-state index contributed by atoms with van der Waals surface area (Å²) in [5.41, 5.74) is 7.22. The van der Waals surface area contributed by atoms with Crippen molar-refractivity contribution in [2.24, 2.45) is 0 Å². The molecule has 0 radical (unpaired) electrons. The molecule has 29 heavy (non-hydrogen) atoms. The molecule has 8 heteroatoms. The number of amides is 1. The van der Waals surface area contributed by atoms with Crippen molar-refractivity contribution in [3.63, 3.8) is 0 Å². The minimum atomic E-state index is -0.506. The van der Waals surface area contributed by atoms with Gasteiger partial charge in [-0.25, -0.2) is 9.97 Å². The SMILES string of the molecule is Cc1cc(C)nc(NNC(=O)c2nn(-c3ccccc3)c(=O)c3ccccc23)n1. The van der Waals surface area contributed by atoms with Gasteiger partial charge in [-0.3, -0.25) is 20.4 Å². The lowest BCUT2D eigenvalue weighted by molar-refractivity contribution is 0.0957. The third-order valence-corrected chi connectivity index (χ3v) is 4.29. The fourth-order valence-electron chi connectivity index (χ4n) is 3.06. The lowest BCUT2D eigenvalue weighted by Crippen LogP contribution is -2.34. The van der Waals surface area contributed by atoms with Gasteiger partial charge in [0.05, 0.1) is 11.1 Å². The Labute approximate surface area is 166 Å². The van der Waals surface area contributed by atoms with Crippen molar-refractivity contribution in [2.45, 2.75) is 13.8 Å². The molecule has 1 amide bonds. The molecule has 0 bridgehead atoms. The quantitative estimate of drug-likeness (QED) is 0.523. The van der Waals surface area contributed by atoms with E-state index in [9.17, 15) is 9.59 Å². The number of anilines is 1. The maximum Gasteiger partial charge on any atom is 0.290 e. The molecule has 144 valence electrons. The summed E-state index contributed by atoms with van der Waals surface area (Å²) < 4.78 is 1.23. The Morgan fingerprint density at radius 2 is 1.52 bits per heavy atom. The second-order valence-corrected chi connectivity index (χ2v) is 6.50. The molecule has 0 aliphatic carbocycles. The molecule has 8 nitrogen and oxygen atoms in total. The predicted octanol–water partition coefficient (Wildman–Crippen LogP) is 2.55. The summed E-state index contributed by atoms with van der Waals surface area (Å²) in [4.78, 5) is 34.2. The highest BCUT2D eigenvalue weighted by atomic mass is 16.2. The van der Waals surface area contributed by atoms with Crippen molar-refractivity contribution < 1.29 is 4.79 Å². The first-order chi connectivity index (χ1) is 14.0. The molecule has 4 rings (SSSR count). The molecule has 4 aromatic rings. The van der Waals surface area contributed by atoms with Crippen LogP contribution in [0.3, 0.4) is 0 Å². The Hall–Kier alpha value is -4.07. The van der Waals surface area contributed by atoms with Crippen molar-refractivity contribution in [3.05, 3.63) is 88.1 Å². The van der Waals surface area contributed by atoms with Crippen molar-refractivity contribution in [1.29, 1.82) is 0 Å². The molecule has 0 saturated carbocycles. The lowest BCUT2D eigenvalue weighted by Gasteiger charge is -2.12. The van der Waals surface area contributed by atoms with Crippen molar-refractivity contribution >= 4 is 22.6 Å². The van der Waals surface area contributed by atoms with E-state index in [0.717, 1.165) is 11.4 Å². The van der Waals surface area contributed by atoms with Gasteiger partial charge in [0.2, 0.25) is 5.95 Å². The lowest BCUT2D eigenvalue weighted by atomic mass is 10.1. The maximum atomic E-state index is 12.9. The summed E-state index contributed by atoms with van der Waals surface area (Å²) >= 11 is 0. The fourth-order valence-corrected chi connectivity index (χ4v) is 3.06. The predicted molar refractivity (Wildman–Crippen MR) is 110 cm³/mol. The number of benzene rings is 2. The van der Waals surface area contributed by atoms with Gasteiger partial charge in [-0.05, 0) is 38.1 Å². The third kappa shape index (κ3) is 3.68. The van der Waals surface area contributed by atoms with E-state index in [1.54, 1.807) is 48.5 Å². The molecule has 0 atom stereocenters. The van der Waals surface area contributed by atoms with Gasteiger partial charge in [0.15, 0.2) is 5.69 Å². The first kappa shape index (κ1) is 18.3. The average molecular weight is 386 g/mol. The smallest absolute Gasteiger partial charge is 0.267 e. The number of para-hydroxylation sites is 1. The van der Waals surface area contributed by atoms with E-state index >= 15 is 0 Å². The van der Waals surface area contributed by atoms with Crippen LogP contribution in [-0.2, 0) is 0 Å². The van der Waals surface area contributed by atoms with Gasteiger partial charge in [0.25, 0.3) is 11.5 Å². The number of aryl methyl sites for hydroxylation is 2. The summed E-state index contributed by atoms with van der Waals surface area (Å²) in [5.74, 6) is -0.231. The molecule has 0 spiro atoms. The number of aromatic nitrogens is 4. The number of carbonyl (C=O) groups excluding carboxylic acids is 1. The number of carbonyl (C=O) groups is 1. The van der Waals surface area contributed by atoms with E-state index in [2.05, 4.69) is 25.9 Å². The second-order valence-electron chi connectivity index (χ2n) is 6.50. The minimum absolute atomic E-state index is 0.112. The molecule has 0 unspecified atom stereocenters. The molecule has 2 N–H and O–H groups in total. The van der Waals surface area contributed by atoms with Crippen LogP contribution in [0.4, 0.5) is 5.95 Å². The number of nitrogens with zero attached hydrogens (tertiary/aromatic N) is 4. The zero-order valence-corrected chi connectivity index (χ0v) is 15.9. The second kappa shape index (κ2) is 7.51. The van der Waals surface area contributed by atoms with Gasteiger partial charge in [0, 0.05) is 16.8 Å². The maximum absolute atomic E-state index is 12.9. The van der Waals surface area contributed by atoms with Crippen LogP contribution >= 0.6 is 0 Å². The van der Waals surface area contributed by atoms with E-state index in [1.807, 2.05) is 26.0 Å². The van der Waals surface area contributed by atoms with E-state index < -0.39 is 5.91 Å². The molecular formula is C21H18N6O2. The summed E-state index contributed by atoms with van der Waals surface area (Å²) in [6, 6.07) is 17.7. The van der Waals surface area contributed by atoms with E-state index in [4.69, 9.17) is 0 Å². The van der Waals surface area contributed by atoms with E-state index in [-0.39, 0.29) is 17.2 Å². The Morgan fingerprint density at radius 3 is 2.21 bits per heavy atom. The third-order valence-electron chi connectivity index (χ3n) is 4.29. The monoisotopic (exact) mass is 386 g/mol. The van der Waals surface area contributed by atoms with Crippen LogP contribution in [0.5, 0.6) is 0 Å². The van der Waals surface area contributed by atoms with Crippen LogP contribution in [0.15, 0.2) is 65.5 Å². The van der Waals surface area contributed by atoms with Crippen LogP contribution in [0, 0.1) is 13.8 Å². The summed E-state index contributed by atoms with van der Waals surface area (Å²) in [5, 5.41) is 5.19. The number of hydrogen-bond donors (Lipinski definition) is 2. The molecule has 2 aromatic heterocycles. The first-order valence-electron chi connectivity index (χ1n) is 8.99. The van der Waals surface area contributed by atoms with Crippen LogP contribution in [0.2, 0.25) is 0 Å². The summed E-state index contributed by atoms with van der Waals surface area (Å²) in [6.45, 7) is 3.68. The van der Waals surface area contributed by atoms with Crippen molar-refractivity contribution in [1.82, 2.24) is 25.2 Å². The molecular weight excluding hydrogens is 368 g/mol. The zero-order chi connectivity index (χ0) is 20.4. The molecule has 0 fully saturated rings. The van der Waals surface area contributed by atoms with Crippen LogP contribution in [-0.4, -0.2) is 25.7 Å². The van der Waals surface area contributed by atoms with Gasteiger partial charge in [0.1, 0.15) is 0 Å². The highest BCUT2D eigenvalue weighted by molar-refractivity contribution is 6.05. The molecule has 2 aromatic carbocycles. The average Bonchev–Trinajstić information content (AvgIpc) is 2.72. The molecule has 0 aliphatic rings. The fraction of sp³-hybridized carbons (Fsp3) is 0.0952. The normalized spacial score (nSPS) is 10.7. The molecule has 0 aliphatic heterocycles. The number of rotatable bonds is 4. The van der Waals surface area contributed by atoms with Gasteiger partial charge in [-0.2, -0.15) is 9.78 Å². The number of hydrazine groups is 1.